The van der Waals surface area contributed by atoms with Crippen LogP contribution in [0.2, 0.25) is 0 Å². The zero-order valence-corrected chi connectivity index (χ0v) is 46.3. The van der Waals surface area contributed by atoms with E-state index in [1.165, 1.54) is 19.8 Å². The maximum Gasteiger partial charge on any atom is 0.187 e. The van der Waals surface area contributed by atoms with Crippen molar-refractivity contribution < 1.29 is 118 Å². The van der Waals surface area contributed by atoms with Crippen molar-refractivity contribution in [1.29, 1.82) is 0 Å². The Balaban J connectivity index is 0.832. The molecular weight excluding hydrogens is 1030 g/mol. The number of methoxy groups -OCH3 is 3. The number of rotatable bonds is 16. The fraction of sp³-hybridized carbons (Fsp3) is 0.963. The van der Waals surface area contributed by atoms with Crippen molar-refractivity contribution in [1.82, 2.24) is 0 Å². The van der Waals surface area contributed by atoms with Crippen molar-refractivity contribution in [2.24, 2.45) is 34.5 Å². The summed E-state index contributed by atoms with van der Waals surface area (Å²) in [5.41, 5.74) is 0.988. The lowest BCUT2D eigenvalue weighted by molar-refractivity contribution is -0.376. The van der Waals surface area contributed by atoms with E-state index in [1.807, 2.05) is 13.8 Å². The van der Waals surface area contributed by atoms with E-state index in [9.17, 15) is 56.2 Å². The molecule has 5 heterocycles. The van der Waals surface area contributed by atoms with Crippen molar-refractivity contribution >= 4 is 0 Å². The molecule has 450 valence electrons. The highest BCUT2D eigenvalue weighted by atomic mass is 16.8. The zero-order valence-electron chi connectivity index (χ0n) is 46.3. The van der Waals surface area contributed by atoms with E-state index in [2.05, 4.69) is 19.9 Å². The number of aliphatic hydroxyl groups excluding tert-OH is 11. The first-order chi connectivity index (χ1) is 37.0. The number of ether oxygens (including phenoxy) is 13. The first-order valence-electron chi connectivity index (χ1n) is 28.2. The Bertz CT molecular complexity index is 1990. The minimum absolute atomic E-state index is 0.0668. The molecule has 4 aliphatic carbocycles. The quantitative estimate of drug-likeness (QED) is 0.0782. The fourth-order valence-corrected chi connectivity index (χ4v) is 15.4. The molecule has 5 saturated heterocycles. The largest absolute Gasteiger partial charge is 0.394 e. The highest BCUT2D eigenvalue weighted by Crippen LogP contribution is 2.67. The predicted octanol–water partition coefficient (Wildman–Crippen LogP) is -1.53. The van der Waals surface area contributed by atoms with Gasteiger partial charge in [0.1, 0.15) is 91.6 Å². The third-order valence-electron chi connectivity index (χ3n) is 19.9. The van der Waals surface area contributed by atoms with Crippen LogP contribution in [0.5, 0.6) is 0 Å². The van der Waals surface area contributed by atoms with Gasteiger partial charge in [0.05, 0.1) is 55.9 Å². The molecule has 33 atom stereocenters. The summed E-state index contributed by atoms with van der Waals surface area (Å²) in [4.78, 5) is 0. The molecule has 3 saturated carbocycles. The van der Waals surface area contributed by atoms with Gasteiger partial charge >= 0.3 is 0 Å². The maximum atomic E-state index is 12.1. The number of fused-ring (bicyclic) bond motifs is 5. The maximum absolute atomic E-state index is 12.1. The predicted molar refractivity (Wildman–Crippen MR) is 266 cm³/mol. The van der Waals surface area contributed by atoms with Crippen LogP contribution in [-0.4, -0.2) is 256 Å². The lowest BCUT2D eigenvalue weighted by Crippen LogP contribution is -2.65. The first kappa shape index (κ1) is 61.3. The van der Waals surface area contributed by atoms with Crippen LogP contribution in [0.3, 0.4) is 0 Å². The van der Waals surface area contributed by atoms with Crippen LogP contribution in [0.15, 0.2) is 11.6 Å². The van der Waals surface area contributed by atoms with Crippen LogP contribution < -0.4 is 0 Å². The van der Waals surface area contributed by atoms with E-state index < -0.39 is 173 Å². The molecule has 0 bridgehead atoms. The van der Waals surface area contributed by atoms with Gasteiger partial charge in [-0.3, -0.25) is 0 Å². The normalized spacial score (nSPS) is 54.1. The molecule has 0 unspecified atom stereocenters. The molecule has 0 aromatic rings. The summed E-state index contributed by atoms with van der Waals surface area (Å²) in [7, 11) is 4.41. The molecule has 11 N–H and O–H groups in total. The van der Waals surface area contributed by atoms with Gasteiger partial charge < -0.3 is 118 Å². The van der Waals surface area contributed by atoms with Crippen LogP contribution in [0.1, 0.15) is 92.9 Å². The van der Waals surface area contributed by atoms with Gasteiger partial charge in [0.25, 0.3) is 0 Å². The monoisotopic (exact) mass is 1120 g/mol. The van der Waals surface area contributed by atoms with Crippen LogP contribution >= 0.6 is 0 Å². The summed E-state index contributed by atoms with van der Waals surface area (Å²) in [5.74, 6) is 0.519. The molecule has 8 fully saturated rings. The molecule has 0 aromatic heterocycles. The molecule has 9 aliphatic rings. The molecule has 24 nitrogen and oxygen atoms in total. The van der Waals surface area contributed by atoms with E-state index >= 15 is 0 Å². The average Bonchev–Trinajstić information content (AvgIpc) is 3.93. The van der Waals surface area contributed by atoms with E-state index in [0.29, 0.717) is 24.7 Å². The van der Waals surface area contributed by atoms with Crippen LogP contribution in [0, 0.1) is 34.5 Å². The van der Waals surface area contributed by atoms with Gasteiger partial charge in [0, 0.05) is 33.7 Å². The zero-order chi connectivity index (χ0) is 56.4. The lowest BCUT2D eigenvalue weighted by atomic mass is 9.47. The van der Waals surface area contributed by atoms with Gasteiger partial charge in [0.15, 0.2) is 31.5 Å². The standard InChI is InChI=1S/C54H90O24/c1-21(71-52-48(47(68-9)37(58)23(3)73-52)78-50-43(64)41(62)39(60)33(76-50)20-69-49-42(63)40(61)38(59)32(19-55)75-49)35-30(56)17-29-27-11-10-25-16-26(12-14-53(25,5)28(27)13-15-54(29,35)6)74-34-18-31(66-7)45(24(4)70-34)77-51-44(65)46(67-8)36(57)22(2)72-51/h10,21-24,26-52,55-65H,11-20H2,1-9H3/t21-,22+,23+,24+,26-,27+,28-,29-,30-,31-,32+,33+,34-,35-,36-,37-,38+,39+,40-,41-,42+,43+,44+,45+,46-,47-,48+,49+,50-,51-,52+,53-,54-/m0/s1. The van der Waals surface area contributed by atoms with E-state index in [0.717, 1.165) is 38.5 Å². The highest BCUT2D eigenvalue weighted by Gasteiger charge is 2.63. The van der Waals surface area contributed by atoms with Crippen LogP contribution in [-0.2, 0) is 61.6 Å². The van der Waals surface area contributed by atoms with Crippen molar-refractivity contribution in [3.05, 3.63) is 11.6 Å². The van der Waals surface area contributed by atoms with Crippen LogP contribution in [0.25, 0.3) is 0 Å². The van der Waals surface area contributed by atoms with E-state index in [-0.39, 0.29) is 28.8 Å². The Morgan fingerprint density at radius 2 is 1.21 bits per heavy atom. The van der Waals surface area contributed by atoms with Gasteiger partial charge in [-0.2, -0.15) is 0 Å². The minimum atomic E-state index is -1.84. The summed E-state index contributed by atoms with van der Waals surface area (Å²) in [6.45, 7) is 10.5. The Hall–Kier alpha value is -1.22. The van der Waals surface area contributed by atoms with E-state index in [1.54, 1.807) is 21.0 Å². The van der Waals surface area contributed by atoms with Crippen molar-refractivity contribution in [3.8, 4) is 0 Å². The van der Waals surface area contributed by atoms with Crippen molar-refractivity contribution in [3.63, 3.8) is 0 Å². The highest BCUT2D eigenvalue weighted by molar-refractivity contribution is 5.26. The Labute approximate surface area is 456 Å². The molecule has 0 spiro atoms. The molecule has 0 aromatic carbocycles. The average molecular weight is 1120 g/mol. The van der Waals surface area contributed by atoms with Gasteiger partial charge in [0.2, 0.25) is 0 Å². The number of hydrogen-bond acceptors (Lipinski definition) is 24. The molecule has 0 amide bonds. The van der Waals surface area contributed by atoms with Gasteiger partial charge in [-0.1, -0.05) is 25.5 Å². The second-order valence-corrected chi connectivity index (χ2v) is 24.3. The summed E-state index contributed by atoms with van der Waals surface area (Å²) in [5, 5.41) is 119. The molecule has 5 aliphatic heterocycles. The van der Waals surface area contributed by atoms with Gasteiger partial charge in [-0.25, -0.2) is 0 Å². The minimum Gasteiger partial charge on any atom is -0.394 e. The fourth-order valence-electron chi connectivity index (χ4n) is 15.4. The van der Waals surface area contributed by atoms with Gasteiger partial charge in [-0.05, 0) is 101 Å². The smallest absolute Gasteiger partial charge is 0.187 e. The molecular formula is C54H90O24. The Morgan fingerprint density at radius 3 is 1.87 bits per heavy atom. The summed E-state index contributed by atoms with van der Waals surface area (Å²) in [6.07, 6.45) is -21.9. The number of hydrogen-bond donors (Lipinski definition) is 11. The third-order valence-corrected chi connectivity index (χ3v) is 19.9. The first-order valence-corrected chi connectivity index (χ1v) is 28.2. The second kappa shape index (κ2) is 24.8. The molecule has 0 radical (unpaired) electrons. The SMILES string of the molecule is CO[C@H]1[C@@H](O)[C@@H](C)O[C@@H](O[C@H]2[C@@H](OC)C[C@H](O[C@H]3CC[C@@]4(C)C(=CC[C@H]5[C@@H]6C[C@H](O)[C@H]([C@H](C)O[C@@H]7O[C@H](C)[C@H](O)[C@H](OC)[C@H]7O[C@@H]7O[C@H](CO[C@@H]8O[C@H](CO)[C@@H](O)[C@H](O)[C@H]8O)[C@@H](O)[C@H](O)[C@H]7O)[C@@]6(C)CC[C@@H]54)C3)O[C@@H]2C)[C@@H]1O. The second-order valence-electron chi connectivity index (χ2n) is 24.3. The molecule has 9 rings (SSSR count). The summed E-state index contributed by atoms with van der Waals surface area (Å²) in [6, 6.07) is 0. The molecule has 78 heavy (non-hydrogen) atoms. The van der Waals surface area contributed by atoms with Crippen LogP contribution in [0.4, 0.5) is 0 Å². The van der Waals surface area contributed by atoms with Crippen molar-refractivity contribution in [2.45, 2.75) is 259 Å². The third kappa shape index (κ3) is 11.4. The van der Waals surface area contributed by atoms with Crippen molar-refractivity contribution in [2.75, 3.05) is 34.5 Å². The van der Waals surface area contributed by atoms with E-state index in [4.69, 9.17) is 61.6 Å². The number of aliphatic hydroxyl groups is 11. The number of allylic oxidation sites excluding steroid dienone is 1. The topological polar surface area (TPSA) is 343 Å². The Kier molecular flexibility index (Phi) is 19.5. The lowest BCUT2D eigenvalue weighted by Gasteiger charge is -2.58. The molecule has 24 heteroatoms. The summed E-state index contributed by atoms with van der Waals surface area (Å²) >= 11 is 0. The summed E-state index contributed by atoms with van der Waals surface area (Å²) < 4.78 is 78.8. The van der Waals surface area contributed by atoms with Gasteiger partial charge in [-0.15, -0.1) is 0 Å². The Morgan fingerprint density at radius 1 is 0.590 bits per heavy atom.